The average Bonchev–Trinajstić information content (AvgIpc) is 3.51. The molecule has 0 spiro atoms. The normalized spacial score (nSPS) is 17.1. The van der Waals surface area contributed by atoms with Crippen LogP contribution in [-0.2, 0) is 6.54 Å². The molecular formula is C23H24N4O. The quantitative estimate of drug-likeness (QED) is 0.666. The zero-order chi connectivity index (χ0) is 18.9. The van der Waals surface area contributed by atoms with Gasteiger partial charge in [0.25, 0.3) is 5.91 Å². The molecule has 5 rings (SSSR count). The highest BCUT2D eigenvalue weighted by Crippen LogP contribution is 2.32. The fourth-order valence-electron chi connectivity index (χ4n) is 3.90. The predicted octanol–water partition coefficient (Wildman–Crippen LogP) is 3.37. The lowest BCUT2D eigenvalue weighted by molar-refractivity contribution is 0.0216. The van der Waals surface area contributed by atoms with E-state index < -0.39 is 0 Å². The van der Waals surface area contributed by atoms with Crippen LogP contribution in [0.15, 0.2) is 60.9 Å². The van der Waals surface area contributed by atoms with Crippen LogP contribution >= 0.6 is 0 Å². The molecule has 5 heteroatoms. The van der Waals surface area contributed by atoms with E-state index in [1.807, 2.05) is 53.7 Å². The Morgan fingerprint density at radius 1 is 1.04 bits per heavy atom. The maximum absolute atomic E-state index is 12.9. The molecule has 0 N–H and O–H groups in total. The van der Waals surface area contributed by atoms with Crippen LogP contribution in [0.3, 0.4) is 0 Å². The lowest BCUT2D eigenvalue weighted by Gasteiger charge is -2.45. The molecule has 2 aliphatic rings. The van der Waals surface area contributed by atoms with Gasteiger partial charge in [0, 0.05) is 50.0 Å². The minimum absolute atomic E-state index is 0.0392. The van der Waals surface area contributed by atoms with Gasteiger partial charge >= 0.3 is 0 Å². The Balaban J connectivity index is 1.25. The predicted molar refractivity (Wildman–Crippen MR) is 109 cm³/mol. The summed E-state index contributed by atoms with van der Waals surface area (Å²) in [5.74, 6) is 0.867. The smallest absolute Gasteiger partial charge is 0.272 e. The number of amides is 1. The summed E-state index contributed by atoms with van der Waals surface area (Å²) in [5.41, 5.74) is 2.70. The summed E-state index contributed by atoms with van der Waals surface area (Å²) in [6, 6.07) is 16.3. The van der Waals surface area contributed by atoms with E-state index in [0.29, 0.717) is 11.7 Å². The molecule has 0 bridgehead atoms. The zero-order valence-electron chi connectivity index (χ0n) is 15.9. The van der Waals surface area contributed by atoms with E-state index in [-0.39, 0.29) is 5.91 Å². The zero-order valence-corrected chi connectivity index (χ0v) is 15.9. The summed E-state index contributed by atoms with van der Waals surface area (Å²) in [6.45, 7) is 3.62. The largest absolute Gasteiger partial charge is 0.334 e. The Labute approximate surface area is 165 Å². The van der Waals surface area contributed by atoms with Gasteiger partial charge in [0.05, 0.1) is 5.52 Å². The number of carbonyl (C=O) groups is 1. The Morgan fingerprint density at radius 3 is 2.61 bits per heavy atom. The lowest BCUT2D eigenvalue weighted by Crippen LogP contribution is -2.61. The highest BCUT2D eigenvalue weighted by molar-refractivity contribution is 5.95. The Bertz CT molecular complexity index is 980. The van der Waals surface area contributed by atoms with Crippen LogP contribution in [0, 0.1) is 5.92 Å². The van der Waals surface area contributed by atoms with Crippen molar-refractivity contribution in [2.24, 2.45) is 5.92 Å². The number of benzene rings is 1. The number of likely N-dealkylation sites (tertiary alicyclic amines) is 1. The van der Waals surface area contributed by atoms with E-state index in [2.05, 4.69) is 27.0 Å². The number of fused-ring (bicyclic) bond motifs is 1. The molecule has 1 aliphatic carbocycles. The van der Waals surface area contributed by atoms with Crippen molar-refractivity contribution in [1.29, 1.82) is 0 Å². The molecule has 1 saturated carbocycles. The molecule has 5 nitrogen and oxygen atoms in total. The number of pyridine rings is 2. The van der Waals surface area contributed by atoms with Crippen molar-refractivity contribution in [1.82, 2.24) is 19.8 Å². The van der Waals surface area contributed by atoms with Crippen LogP contribution in [0.5, 0.6) is 0 Å². The van der Waals surface area contributed by atoms with Gasteiger partial charge in [-0.3, -0.25) is 14.7 Å². The van der Waals surface area contributed by atoms with Crippen LogP contribution in [-0.4, -0.2) is 51.4 Å². The molecule has 1 aromatic carbocycles. The first-order valence-corrected chi connectivity index (χ1v) is 10.0. The van der Waals surface area contributed by atoms with Gasteiger partial charge < -0.3 is 4.90 Å². The van der Waals surface area contributed by atoms with Crippen LogP contribution in [0.2, 0.25) is 0 Å². The minimum atomic E-state index is 0.0392. The van der Waals surface area contributed by atoms with Crippen molar-refractivity contribution in [3.63, 3.8) is 0 Å². The number of hydrogen-bond donors (Lipinski definition) is 0. The highest BCUT2D eigenvalue weighted by Gasteiger charge is 2.37. The van der Waals surface area contributed by atoms with Gasteiger partial charge in [-0.05, 0) is 48.6 Å². The molecule has 1 saturated heterocycles. The molecule has 0 radical (unpaired) electrons. The number of carbonyl (C=O) groups excluding carboxylic acids is 1. The van der Waals surface area contributed by atoms with E-state index in [4.69, 9.17) is 0 Å². The van der Waals surface area contributed by atoms with E-state index in [1.54, 1.807) is 0 Å². The minimum Gasteiger partial charge on any atom is -0.334 e. The second kappa shape index (κ2) is 7.32. The van der Waals surface area contributed by atoms with Crippen LogP contribution in [0.25, 0.3) is 10.9 Å². The third-order valence-corrected chi connectivity index (χ3v) is 5.81. The molecule has 0 unspecified atom stereocenters. The number of hydrogen-bond acceptors (Lipinski definition) is 4. The van der Waals surface area contributed by atoms with Crippen LogP contribution in [0.4, 0.5) is 0 Å². The van der Waals surface area contributed by atoms with Crippen LogP contribution < -0.4 is 0 Å². The van der Waals surface area contributed by atoms with Gasteiger partial charge in [-0.15, -0.1) is 0 Å². The summed E-state index contributed by atoms with van der Waals surface area (Å²) in [7, 11) is 0. The Morgan fingerprint density at radius 2 is 1.82 bits per heavy atom. The van der Waals surface area contributed by atoms with Gasteiger partial charge in [-0.2, -0.15) is 0 Å². The molecule has 1 aliphatic heterocycles. The standard InChI is InChI=1S/C23H24N4O/c28-23(22-8-7-19-3-1-2-4-21(19)25-22)27-15-20(16-27)26(13-17-5-6-17)14-18-9-11-24-12-10-18/h1-4,7-12,17,20H,5-6,13-16H2. The topological polar surface area (TPSA) is 49.3 Å². The number of aromatic nitrogens is 2. The summed E-state index contributed by atoms with van der Waals surface area (Å²) in [4.78, 5) is 26.0. The summed E-state index contributed by atoms with van der Waals surface area (Å²) < 4.78 is 0. The monoisotopic (exact) mass is 372 g/mol. The molecule has 3 heterocycles. The summed E-state index contributed by atoms with van der Waals surface area (Å²) in [5, 5.41) is 1.06. The molecule has 3 aromatic rings. The second-order valence-electron chi connectivity index (χ2n) is 7.98. The summed E-state index contributed by atoms with van der Waals surface area (Å²) in [6.07, 6.45) is 6.38. The molecular weight excluding hydrogens is 348 g/mol. The highest BCUT2D eigenvalue weighted by atomic mass is 16.2. The maximum Gasteiger partial charge on any atom is 0.272 e. The Kier molecular flexibility index (Phi) is 4.53. The fraction of sp³-hybridized carbons (Fsp3) is 0.348. The van der Waals surface area contributed by atoms with Gasteiger partial charge in [0.15, 0.2) is 0 Å². The molecule has 28 heavy (non-hydrogen) atoms. The SMILES string of the molecule is O=C(c1ccc2ccccc2n1)N1CC(N(Cc2ccncc2)CC2CC2)C1. The van der Waals surface area contributed by atoms with Crippen molar-refractivity contribution >= 4 is 16.8 Å². The van der Waals surface area contributed by atoms with Gasteiger partial charge in [0.1, 0.15) is 5.69 Å². The van der Waals surface area contributed by atoms with Crippen molar-refractivity contribution < 1.29 is 4.79 Å². The van der Waals surface area contributed by atoms with Crippen molar-refractivity contribution in [2.45, 2.75) is 25.4 Å². The summed E-state index contributed by atoms with van der Waals surface area (Å²) >= 11 is 0. The molecule has 142 valence electrons. The van der Waals surface area contributed by atoms with E-state index in [1.165, 1.54) is 18.4 Å². The average molecular weight is 372 g/mol. The van der Waals surface area contributed by atoms with E-state index in [9.17, 15) is 4.79 Å². The van der Waals surface area contributed by atoms with Gasteiger partial charge in [0.2, 0.25) is 0 Å². The van der Waals surface area contributed by atoms with Gasteiger partial charge in [-0.25, -0.2) is 4.98 Å². The van der Waals surface area contributed by atoms with E-state index in [0.717, 1.165) is 43.0 Å². The van der Waals surface area contributed by atoms with Crippen LogP contribution in [0.1, 0.15) is 28.9 Å². The van der Waals surface area contributed by atoms with Crippen molar-refractivity contribution in [2.75, 3.05) is 19.6 Å². The number of nitrogens with zero attached hydrogens (tertiary/aromatic N) is 4. The first-order valence-electron chi connectivity index (χ1n) is 10.0. The maximum atomic E-state index is 12.9. The van der Waals surface area contributed by atoms with Gasteiger partial charge in [-0.1, -0.05) is 24.3 Å². The lowest BCUT2D eigenvalue weighted by atomic mass is 10.0. The molecule has 1 amide bonds. The molecule has 2 fully saturated rings. The third kappa shape index (κ3) is 3.62. The van der Waals surface area contributed by atoms with Crippen molar-refractivity contribution in [3.8, 4) is 0 Å². The first kappa shape index (κ1) is 17.3. The number of para-hydroxylation sites is 1. The van der Waals surface area contributed by atoms with E-state index >= 15 is 0 Å². The first-order chi connectivity index (χ1) is 13.8. The fourth-order valence-corrected chi connectivity index (χ4v) is 3.90. The Hall–Kier alpha value is -2.79. The third-order valence-electron chi connectivity index (χ3n) is 5.81. The molecule has 0 atom stereocenters. The molecule has 2 aromatic heterocycles. The number of rotatable bonds is 6. The van der Waals surface area contributed by atoms with Crippen molar-refractivity contribution in [3.05, 3.63) is 72.2 Å². The second-order valence-corrected chi connectivity index (χ2v) is 7.98.